The van der Waals surface area contributed by atoms with Gasteiger partial charge in [-0.15, -0.1) is 0 Å². The lowest BCUT2D eigenvalue weighted by Gasteiger charge is -2.24. The van der Waals surface area contributed by atoms with Crippen LogP contribution >= 0.6 is 0 Å². The van der Waals surface area contributed by atoms with E-state index in [1.54, 1.807) is 18.9 Å². The van der Waals surface area contributed by atoms with Crippen molar-refractivity contribution in [3.63, 3.8) is 0 Å². The van der Waals surface area contributed by atoms with Gasteiger partial charge in [-0.1, -0.05) is 20.8 Å². The summed E-state index contributed by atoms with van der Waals surface area (Å²) in [5.41, 5.74) is -0.312. The van der Waals surface area contributed by atoms with Crippen molar-refractivity contribution in [1.29, 1.82) is 0 Å². The minimum Gasteiger partial charge on any atom is -0.396 e. The van der Waals surface area contributed by atoms with Gasteiger partial charge in [0.15, 0.2) is 0 Å². The average Bonchev–Trinajstić information content (AvgIpc) is 2.56. The van der Waals surface area contributed by atoms with Crippen LogP contribution < -0.4 is 5.32 Å². The molecule has 0 aromatic rings. The van der Waals surface area contributed by atoms with Crippen LogP contribution in [0.15, 0.2) is 0 Å². The number of amides is 2. The number of hydrogen-bond acceptors (Lipinski definition) is 5. The van der Waals surface area contributed by atoms with Gasteiger partial charge < -0.3 is 24.9 Å². The number of aliphatic hydroxyl groups is 1. The van der Waals surface area contributed by atoms with Crippen LogP contribution in [0.3, 0.4) is 0 Å². The molecule has 0 spiro atoms. The maximum absolute atomic E-state index is 11.5. The second kappa shape index (κ2) is 15.6. The first-order valence-corrected chi connectivity index (χ1v) is 9.63. The second-order valence-electron chi connectivity index (χ2n) is 7.88. The lowest BCUT2D eigenvalue weighted by molar-refractivity contribution is -0.132. The maximum Gasteiger partial charge on any atom is 0.223 e. The second-order valence-corrected chi connectivity index (χ2v) is 7.88. The van der Waals surface area contributed by atoms with Crippen LogP contribution in [0.4, 0.5) is 0 Å². The van der Waals surface area contributed by atoms with Gasteiger partial charge in [0, 0.05) is 46.0 Å². The Bertz CT molecular complexity index is 425. The lowest BCUT2D eigenvalue weighted by atomic mass is 10.1. The Morgan fingerprint density at radius 1 is 1.26 bits per heavy atom. The summed E-state index contributed by atoms with van der Waals surface area (Å²) >= 11 is 0. The first-order chi connectivity index (χ1) is 12.4. The fourth-order valence-electron chi connectivity index (χ4n) is 1.95. The van der Waals surface area contributed by atoms with Gasteiger partial charge in [-0.05, 0) is 32.6 Å². The van der Waals surface area contributed by atoms with Gasteiger partial charge in [0.05, 0.1) is 12.2 Å². The van der Waals surface area contributed by atoms with Crippen molar-refractivity contribution in [2.75, 3.05) is 33.4 Å². The molecule has 2 N–H and O–H groups in total. The van der Waals surface area contributed by atoms with Crippen molar-refractivity contribution in [2.24, 2.45) is 11.8 Å². The van der Waals surface area contributed by atoms with E-state index in [4.69, 9.17) is 9.84 Å². The van der Waals surface area contributed by atoms with E-state index in [0.29, 0.717) is 31.9 Å². The monoisotopic (exact) mass is 388 g/mol. The molecule has 1 unspecified atom stereocenters. The third-order valence-corrected chi connectivity index (χ3v) is 3.88. The summed E-state index contributed by atoms with van der Waals surface area (Å²) in [5.74, 6) is 0.451. The van der Waals surface area contributed by atoms with Crippen molar-refractivity contribution in [3.8, 4) is 0 Å². The zero-order chi connectivity index (χ0) is 21.5. The van der Waals surface area contributed by atoms with Crippen LogP contribution in [0.25, 0.3) is 0 Å². The Labute approximate surface area is 164 Å². The highest BCUT2D eigenvalue weighted by Crippen LogP contribution is 2.12. The van der Waals surface area contributed by atoms with Gasteiger partial charge in [0.25, 0.3) is 0 Å². The molecule has 0 aromatic carbocycles. The summed E-state index contributed by atoms with van der Waals surface area (Å²) in [6.45, 7) is 13.2. The highest BCUT2D eigenvalue weighted by atomic mass is 16.5. The van der Waals surface area contributed by atoms with Crippen LogP contribution in [-0.2, 0) is 19.1 Å². The molecule has 0 fully saturated rings. The van der Waals surface area contributed by atoms with E-state index >= 15 is 0 Å². The summed E-state index contributed by atoms with van der Waals surface area (Å²) in [5, 5.41) is 11.3. The summed E-state index contributed by atoms with van der Waals surface area (Å²) in [6.07, 6.45) is 2.77. The lowest BCUT2D eigenvalue weighted by Crippen LogP contribution is -2.31. The van der Waals surface area contributed by atoms with E-state index in [-0.39, 0.29) is 29.9 Å². The third-order valence-electron chi connectivity index (χ3n) is 3.88. The van der Waals surface area contributed by atoms with Gasteiger partial charge in [-0.25, -0.2) is 0 Å². The van der Waals surface area contributed by atoms with Gasteiger partial charge >= 0.3 is 0 Å². The van der Waals surface area contributed by atoms with E-state index in [1.165, 1.54) is 6.92 Å². The summed E-state index contributed by atoms with van der Waals surface area (Å²) in [4.78, 5) is 34.0. The molecular weight excluding hydrogens is 348 g/mol. The minimum absolute atomic E-state index is 0.0523. The summed E-state index contributed by atoms with van der Waals surface area (Å²) in [7, 11) is 1.79. The first-order valence-electron chi connectivity index (χ1n) is 9.63. The molecule has 7 heteroatoms. The Morgan fingerprint density at radius 3 is 2.30 bits per heavy atom. The van der Waals surface area contributed by atoms with Crippen molar-refractivity contribution in [2.45, 2.75) is 66.4 Å². The standard InChI is InChI=1S/C11H21NO2.C9H19NO3/c1-9(2)5-6-12(4)11(14)7-10(3)8-13;1-8(12)10-5-7-13-9(2,3)4-6-11/h8-10H,5-7H2,1-4H3;11H,4-7H2,1-3H3,(H,10,12). The topological polar surface area (TPSA) is 95.9 Å². The number of hydrogen-bond donors (Lipinski definition) is 2. The maximum atomic E-state index is 11.5. The quantitative estimate of drug-likeness (QED) is 0.394. The van der Waals surface area contributed by atoms with E-state index in [0.717, 1.165) is 19.3 Å². The Kier molecular flexibility index (Phi) is 16.0. The fourth-order valence-corrected chi connectivity index (χ4v) is 1.95. The zero-order valence-electron chi connectivity index (χ0n) is 18.2. The van der Waals surface area contributed by atoms with Crippen LogP contribution in [-0.4, -0.2) is 67.1 Å². The Morgan fingerprint density at radius 2 is 1.85 bits per heavy atom. The van der Waals surface area contributed by atoms with Gasteiger partial charge in [0.2, 0.25) is 11.8 Å². The molecule has 0 aromatic heterocycles. The average molecular weight is 389 g/mol. The highest BCUT2D eigenvalue weighted by molar-refractivity contribution is 5.78. The molecule has 0 aliphatic rings. The first kappa shape index (κ1) is 27.7. The van der Waals surface area contributed by atoms with E-state index in [2.05, 4.69) is 19.2 Å². The number of rotatable bonds is 12. The Balaban J connectivity index is 0. The number of aldehydes is 1. The van der Waals surface area contributed by atoms with Gasteiger partial charge in [0.1, 0.15) is 6.29 Å². The van der Waals surface area contributed by atoms with Gasteiger partial charge in [-0.2, -0.15) is 0 Å². The normalized spacial score (nSPS) is 12.0. The molecule has 27 heavy (non-hydrogen) atoms. The van der Waals surface area contributed by atoms with E-state index < -0.39 is 0 Å². The molecule has 0 rings (SSSR count). The largest absolute Gasteiger partial charge is 0.396 e. The number of aliphatic hydroxyl groups excluding tert-OH is 1. The number of nitrogens with one attached hydrogen (secondary N) is 1. The third kappa shape index (κ3) is 19.1. The van der Waals surface area contributed by atoms with Gasteiger partial charge in [-0.3, -0.25) is 9.59 Å². The van der Waals surface area contributed by atoms with Crippen molar-refractivity contribution in [1.82, 2.24) is 10.2 Å². The number of carbonyl (C=O) groups excluding carboxylic acids is 3. The molecule has 0 saturated heterocycles. The smallest absolute Gasteiger partial charge is 0.223 e. The highest BCUT2D eigenvalue weighted by Gasteiger charge is 2.16. The predicted octanol–water partition coefficient (Wildman–Crippen LogP) is 2.02. The molecule has 0 heterocycles. The molecule has 0 bridgehead atoms. The molecule has 0 aliphatic heterocycles. The molecule has 0 saturated carbocycles. The summed E-state index contributed by atoms with van der Waals surface area (Å²) < 4.78 is 5.45. The molecular formula is C20H40N2O5. The number of ether oxygens (including phenoxy) is 1. The molecule has 1 atom stereocenters. The molecule has 7 nitrogen and oxygen atoms in total. The number of nitrogens with zero attached hydrogens (tertiary/aromatic N) is 1. The van der Waals surface area contributed by atoms with E-state index in [9.17, 15) is 14.4 Å². The summed E-state index contributed by atoms with van der Waals surface area (Å²) in [6, 6.07) is 0. The van der Waals surface area contributed by atoms with Crippen LogP contribution in [0.1, 0.15) is 60.8 Å². The molecule has 2 amide bonds. The van der Waals surface area contributed by atoms with Crippen molar-refractivity contribution < 1.29 is 24.2 Å². The molecule has 0 aliphatic carbocycles. The van der Waals surface area contributed by atoms with E-state index in [1.807, 2.05) is 13.8 Å². The van der Waals surface area contributed by atoms with Crippen LogP contribution in [0, 0.1) is 11.8 Å². The van der Waals surface area contributed by atoms with Crippen molar-refractivity contribution >= 4 is 18.1 Å². The van der Waals surface area contributed by atoms with Crippen molar-refractivity contribution in [3.05, 3.63) is 0 Å². The van der Waals surface area contributed by atoms with Crippen LogP contribution in [0.2, 0.25) is 0 Å². The Hall–Kier alpha value is -1.47. The zero-order valence-corrected chi connectivity index (χ0v) is 18.2. The minimum atomic E-state index is -0.312. The molecule has 160 valence electrons. The SMILES string of the molecule is CC(=O)NCCOC(C)(C)CCO.CC(C)CCN(C)C(=O)CC(C)C=O. The molecule has 0 radical (unpaired) electrons. The van der Waals surface area contributed by atoms with Crippen LogP contribution in [0.5, 0.6) is 0 Å². The predicted molar refractivity (Wildman–Crippen MR) is 107 cm³/mol. The number of carbonyl (C=O) groups is 3. The fraction of sp³-hybridized carbons (Fsp3) is 0.850.